The average Bonchev–Trinajstić information content (AvgIpc) is 2.95. The third kappa shape index (κ3) is 1.47. The Kier molecular flexibility index (Phi) is 2.29. The van der Waals surface area contributed by atoms with Gasteiger partial charge in [-0.2, -0.15) is 0 Å². The quantitative estimate of drug-likeness (QED) is 0.583. The Balaban J connectivity index is 2.01. The van der Waals surface area contributed by atoms with Crippen molar-refractivity contribution in [2.24, 2.45) is 0 Å². The molecule has 98 valence electrons. The molecule has 2 heterocycles. The monoisotopic (exact) mass is 328 g/mol. The third-order valence-corrected chi connectivity index (χ3v) is 4.43. The maximum absolute atomic E-state index is 11.1. The van der Waals surface area contributed by atoms with Gasteiger partial charge in [-0.1, -0.05) is 28.1 Å². The van der Waals surface area contributed by atoms with Crippen molar-refractivity contribution >= 4 is 27.5 Å². The van der Waals surface area contributed by atoms with E-state index in [0.717, 1.165) is 33.5 Å². The Labute approximate surface area is 122 Å². The zero-order valence-electron chi connectivity index (χ0n) is 10.3. The van der Waals surface area contributed by atoms with Crippen molar-refractivity contribution in [2.75, 3.05) is 0 Å². The molecule has 0 radical (unpaired) electrons. The van der Waals surface area contributed by atoms with Crippen LogP contribution in [0.15, 0.2) is 41.0 Å². The van der Waals surface area contributed by atoms with Crippen LogP contribution in [0.2, 0.25) is 0 Å². The third-order valence-electron chi connectivity index (χ3n) is 3.68. The Morgan fingerprint density at radius 2 is 2.15 bits per heavy atom. The maximum Gasteiger partial charge on any atom is 0.337 e. The van der Waals surface area contributed by atoms with Crippen molar-refractivity contribution in [1.29, 1.82) is 0 Å². The van der Waals surface area contributed by atoms with Crippen molar-refractivity contribution in [3.8, 4) is 11.3 Å². The minimum absolute atomic E-state index is 0.271. The summed E-state index contributed by atoms with van der Waals surface area (Å²) in [6, 6.07) is 9.39. The number of imidazole rings is 1. The highest BCUT2D eigenvalue weighted by atomic mass is 79.9. The Hall–Kier alpha value is -2.14. The molecular formula is C15H9BrN2O2. The molecule has 5 heteroatoms. The number of aromatic carboxylic acids is 1. The van der Waals surface area contributed by atoms with Crippen LogP contribution in [-0.4, -0.2) is 20.5 Å². The standard InChI is InChI=1S/C15H9BrN2O2/c16-11-3-1-2-9-10(11)6-12-14(9)17-13-5-4-8(15(19)20)7-18(12)13/h1-5,7H,6H2,(H,19,20). The molecule has 0 saturated heterocycles. The first kappa shape index (κ1) is 11.7. The molecule has 0 fully saturated rings. The minimum atomic E-state index is -0.925. The van der Waals surface area contributed by atoms with E-state index in [1.165, 1.54) is 5.56 Å². The molecule has 1 aliphatic rings. The van der Waals surface area contributed by atoms with Crippen LogP contribution in [0.3, 0.4) is 0 Å². The lowest BCUT2D eigenvalue weighted by Crippen LogP contribution is -2.00. The highest BCUT2D eigenvalue weighted by Crippen LogP contribution is 2.39. The van der Waals surface area contributed by atoms with E-state index < -0.39 is 5.97 Å². The molecule has 2 aromatic heterocycles. The molecule has 0 aliphatic heterocycles. The molecule has 0 spiro atoms. The number of hydrogen-bond acceptors (Lipinski definition) is 2. The smallest absolute Gasteiger partial charge is 0.337 e. The van der Waals surface area contributed by atoms with E-state index >= 15 is 0 Å². The van der Waals surface area contributed by atoms with Crippen LogP contribution in [0.5, 0.6) is 0 Å². The molecule has 0 unspecified atom stereocenters. The molecule has 3 aromatic rings. The van der Waals surface area contributed by atoms with Crippen molar-refractivity contribution in [2.45, 2.75) is 6.42 Å². The Bertz CT molecular complexity index is 883. The predicted octanol–water partition coefficient (Wildman–Crippen LogP) is 3.37. The summed E-state index contributed by atoms with van der Waals surface area (Å²) >= 11 is 3.56. The maximum atomic E-state index is 11.1. The van der Waals surface area contributed by atoms with E-state index in [1.54, 1.807) is 18.3 Å². The number of hydrogen-bond donors (Lipinski definition) is 1. The fourth-order valence-electron chi connectivity index (χ4n) is 2.73. The van der Waals surface area contributed by atoms with Gasteiger partial charge in [0.15, 0.2) is 0 Å². The van der Waals surface area contributed by atoms with Gasteiger partial charge in [0.2, 0.25) is 0 Å². The van der Waals surface area contributed by atoms with Crippen LogP contribution in [0, 0.1) is 0 Å². The van der Waals surface area contributed by atoms with Gasteiger partial charge in [0.25, 0.3) is 0 Å². The molecule has 1 aliphatic carbocycles. The molecule has 0 amide bonds. The van der Waals surface area contributed by atoms with Crippen LogP contribution in [-0.2, 0) is 6.42 Å². The Morgan fingerprint density at radius 1 is 1.30 bits per heavy atom. The lowest BCUT2D eigenvalue weighted by Gasteiger charge is -2.03. The number of halogens is 1. The van der Waals surface area contributed by atoms with Crippen molar-refractivity contribution in [1.82, 2.24) is 9.38 Å². The molecule has 4 rings (SSSR count). The number of carboxylic acids is 1. The number of carboxylic acid groups (broad SMARTS) is 1. The van der Waals surface area contributed by atoms with Gasteiger partial charge >= 0.3 is 5.97 Å². The SMILES string of the molecule is O=C(O)c1ccc2nc3c(n2c1)Cc1c(Br)cccc1-3. The second kappa shape index (κ2) is 3.93. The highest BCUT2D eigenvalue weighted by molar-refractivity contribution is 9.10. The number of carbonyl (C=O) groups is 1. The van der Waals surface area contributed by atoms with E-state index in [4.69, 9.17) is 5.11 Å². The van der Waals surface area contributed by atoms with Gasteiger partial charge < -0.3 is 9.51 Å². The number of fused-ring (bicyclic) bond motifs is 5. The van der Waals surface area contributed by atoms with Gasteiger partial charge in [-0.15, -0.1) is 0 Å². The molecule has 0 atom stereocenters. The normalized spacial score (nSPS) is 12.4. The summed E-state index contributed by atoms with van der Waals surface area (Å²) in [5, 5.41) is 9.11. The summed E-state index contributed by atoms with van der Waals surface area (Å²) in [6.07, 6.45) is 2.40. The summed E-state index contributed by atoms with van der Waals surface area (Å²) in [4.78, 5) is 15.7. The highest BCUT2D eigenvalue weighted by Gasteiger charge is 2.25. The van der Waals surface area contributed by atoms with Gasteiger partial charge in [-0.25, -0.2) is 9.78 Å². The van der Waals surface area contributed by atoms with Crippen LogP contribution in [0.1, 0.15) is 21.6 Å². The predicted molar refractivity (Wildman–Crippen MR) is 78.1 cm³/mol. The fourth-order valence-corrected chi connectivity index (χ4v) is 3.24. The van der Waals surface area contributed by atoms with Gasteiger partial charge in [0.05, 0.1) is 17.0 Å². The summed E-state index contributed by atoms with van der Waals surface area (Å²) in [7, 11) is 0. The first-order valence-electron chi connectivity index (χ1n) is 6.17. The van der Waals surface area contributed by atoms with Gasteiger partial charge in [-0.3, -0.25) is 0 Å². The molecule has 4 nitrogen and oxygen atoms in total. The van der Waals surface area contributed by atoms with Crippen LogP contribution >= 0.6 is 15.9 Å². The number of nitrogens with zero attached hydrogens (tertiary/aromatic N) is 2. The Morgan fingerprint density at radius 3 is 2.95 bits per heavy atom. The molecule has 1 aromatic carbocycles. The molecule has 0 saturated carbocycles. The van der Waals surface area contributed by atoms with Gasteiger partial charge in [-0.05, 0) is 23.8 Å². The zero-order valence-corrected chi connectivity index (χ0v) is 11.9. The van der Waals surface area contributed by atoms with E-state index in [2.05, 4.69) is 27.0 Å². The van der Waals surface area contributed by atoms with Crippen LogP contribution in [0.25, 0.3) is 16.9 Å². The largest absolute Gasteiger partial charge is 0.478 e. The number of aromatic nitrogens is 2. The molecule has 20 heavy (non-hydrogen) atoms. The van der Waals surface area contributed by atoms with E-state index in [1.807, 2.05) is 16.5 Å². The average molecular weight is 329 g/mol. The first-order valence-corrected chi connectivity index (χ1v) is 6.96. The van der Waals surface area contributed by atoms with Crippen molar-refractivity contribution < 1.29 is 9.90 Å². The molecule has 0 bridgehead atoms. The molecular weight excluding hydrogens is 320 g/mol. The summed E-state index contributed by atoms with van der Waals surface area (Å²) in [6.45, 7) is 0. The summed E-state index contributed by atoms with van der Waals surface area (Å²) < 4.78 is 2.95. The number of pyridine rings is 1. The lowest BCUT2D eigenvalue weighted by atomic mass is 10.1. The van der Waals surface area contributed by atoms with Gasteiger partial charge in [0.1, 0.15) is 5.65 Å². The number of rotatable bonds is 1. The molecule has 1 N–H and O–H groups in total. The van der Waals surface area contributed by atoms with Crippen LogP contribution < -0.4 is 0 Å². The lowest BCUT2D eigenvalue weighted by molar-refractivity contribution is 0.0696. The minimum Gasteiger partial charge on any atom is -0.478 e. The second-order valence-electron chi connectivity index (χ2n) is 4.80. The van der Waals surface area contributed by atoms with Crippen LogP contribution in [0.4, 0.5) is 0 Å². The van der Waals surface area contributed by atoms with E-state index in [-0.39, 0.29) is 5.56 Å². The van der Waals surface area contributed by atoms with E-state index in [9.17, 15) is 4.79 Å². The second-order valence-corrected chi connectivity index (χ2v) is 5.66. The van der Waals surface area contributed by atoms with Crippen molar-refractivity contribution in [3.63, 3.8) is 0 Å². The zero-order chi connectivity index (χ0) is 13.9. The fraction of sp³-hybridized carbons (Fsp3) is 0.0667. The summed E-state index contributed by atoms with van der Waals surface area (Å²) in [5.74, 6) is -0.925. The summed E-state index contributed by atoms with van der Waals surface area (Å²) in [5.41, 5.74) is 5.38. The van der Waals surface area contributed by atoms with Crippen molar-refractivity contribution in [3.05, 3.63) is 57.8 Å². The van der Waals surface area contributed by atoms with E-state index in [0.29, 0.717) is 0 Å². The topological polar surface area (TPSA) is 54.6 Å². The first-order chi connectivity index (χ1) is 9.65. The number of benzene rings is 1. The van der Waals surface area contributed by atoms with Gasteiger partial charge in [0, 0.05) is 22.7 Å².